The van der Waals surface area contributed by atoms with Gasteiger partial charge in [0, 0.05) is 15.0 Å². The molecule has 0 aliphatic rings. The molecule has 1 amide bonds. The number of benzene rings is 2. The molecule has 0 heterocycles. The van der Waals surface area contributed by atoms with Gasteiger partial charge < -0.3 is 10.1 Å². The molecule has 2 aromatic carbocycles. The fourth-order valence-corrected chi connectivity index (χ4v) is 2.80. The molecule has 0 spiro atoms. The Labute approximate surface area is 132 Å². The van der Waals surface area contributed by atoms with Gasteiger partial charge in [-0.15, -0.1) is 0 Å². The van der Waals surface area contributed by atoms with Crippen LogP contribution in [0.3, 0.4) is 0 Å². The Bertz CT molecular complexity index is 641. The van der Waals surface area contributed by atoms with Crippen molar-refractivity contribution in [3.63, 3.8) is 0 Å². The van der Waals surface area contributed by atoms with Gasteiger partial charge in [-0.25, -0.2) is 4.39 Å². The van der Waals surface area contributed by atoms with Crippen molar-refractivity contribution < 1.29 is 13.9 Å². The summed E-state index contributed by atoms with van der Waals surface area (Å²) in [6.07, 6.45) is 0. The standard InChI is InChI=1S/C14H10Br2FNO2/c1-20-8-5-6-9(12(17)7-8)14(19)18-13-10(15)3-2-4-11(13)16/h2-7H,1H3,(H,18,19). The molecule has 0 saturated carbocycles. The number of methoxy groups -OCH3 is 1. The van der Waals surface area contributed by atoms with Crippen LogP contribution in [0.4, 0.5) is 10.1 Å². The molecular weight excluding hydrogens is 393 g/mol. The highest BCUT2D eigenvalue weighted by Crippen LogP contribution is 2.31. The lowest BCUT2D eigenvalue weighted by Crippen LogP contribution is -2.14. The molecule has 0 unspecified atom stereocenters. The number of carbonyl (C=O) groups is 1. The molecule has 6 heteroatoms. The van der Waals surface area contributed by atoms with Crippen LogP contribution in [0.25, 0.3) is 0 Å². The highest BCUT2D eigenvalue weighted by atomic mass is 79.9. The monoisotopic (exact) mass is 401 g/mol. The van der Waals surface area contributed by atoms with Crippen LogP contribution < -0.4 is 10.1 Å². The van der Waals surface area contributed by atoms with E-state index in [0.29, 0.717) is 20.4 Å². The van der Waals surface area contributed by atoms with Crippen molar-refractivity contribution in [2.75, 3.05) is 12.4 Å². The smallest absolute Gasteiger partial charge is 0.258 e. The van der Waals surface area contributed by atoms with Crippen molar-refractivity contribution >= 4 is 43.5 Å². The van der Waals surface area contributed by atoms with Crippen molar-refractivity contribution in [1.29, 1.82) is 0 Å². The number of para-hydroxylation sites is 1. The lowest BCUT2D eigenvalue weighted by Gasteiger charge is -2.10. The Balaban J connectivity index is 2.29. The molecule has 2 rings (SSSR count). The molecule has 20 heavy (non-hydrogen) atoms. The third-order valence-electron chi connectivity index (χ3n) is 2.62. The van der Waals surface area contributed by atoms with Gasteiger partial charge in [0.05, 0.1) is 18.4 Å². The summed E-state index contributed by atoms with van der Waals surface area (Å²) >= 11 is 6.66. The quantitative estimate of drug-likeness (QED) is 0.813. The summed E-state index contributed by atoms with van der Waals surface area (Å²) in [7, 11) is 1.44. The SMILES string of the molecule is COc1ccc(C(=O)Nc2c(Br)cccc2Br)c(F)c1. The summed E-state index contributed by atoms with van der Waals surface area (Å²) in [5.41, 5.74) is 0.501. The number of nitrogens with one attached hydrogen (secondary N) is 1. The van der Waals surface area contributed by atoms with Gasteiger partial charge in [-0.3, -0.25) is 4.79 Å². The number of hydrogen-bond donors (Lipinski definition) is 1. The van der Waals surface area contributed by atoms with E-state index in [-0.39, 0.29) is 5.56 Å². The summed E-state index contributed by atoms with van der Waals surface area (Å²) in [6, 6.07) is 9.47. The number of halogens is 3. The van der Waals surface area contributed by atoms with E-state index in [9.17, 15) is 9.18 Å². The van der Waals surface area contributed by atoms with Crippen LogP contribution in [0.5, 0.6) is 5.75 Å². The molecule has 0 bridgehead atoms. The number of amides is 1. The van der Waals surface area contributed by atoms with Crippen molar-refractivity contribution in [2.24, 2.45) is 0 Å². The van der Waals surface area contributed by atoms with Gasteiger partial charge in [0.25, 0.3) is 5.91 Å². The molecular formula is C14H10Br2FNO2. The zero-order valence-corrected chi connectivity index (χ0v) is 13.6. The molecule has 0 aromatic heterocycles. The van der Waals surface area contributed by atoms with Gasteiger partial charge in [0.15, 0.2) is 0 Å². The first-order valence-corrected chi connectivity index (χ1v) is 7.20. The third kappa shape index (κ3) is 3.19. The average molecular weight is 403 g/mol. The minimum Gasteiger partial charge on any atom is -0.497 e. The van der Waals surface area contributed by atoms with Gasteiger partial charge in [-0.2, -0.15) is 0 Å². The summed E-state index contributed by atoms with van der Waals surface area (Å²) in [5.74, 6) is -0.802. The zero-order chi connectivity index (χ0) is 14.7. The van der Waals surface area contributed by atoms with Crippen molar-refractivity contribution in [3.05, 3.63) is 56.7 Å². The van der Waals surface area contributed by atoms with Crippen LogP contribution in [-0.2, 0) is 0 Å². The van der Waals surface area contributed by atoms with Crippen molar-refractivity contribution in [3.8, 4) is 5.75 Å². The molecule has 2 aromatic rings. The van der Waals surface area contributed by atoms with Crippen LogP contribution in [0, 0.1) is 5.82 Å². The first-order valence-electron chi connectivity index (χ1n) is 5.62. The van der Waals surface area contributed by atoms with E-state index in [4.69, 9.17) is 4.74 Å². The topological polar surface area (TPSA) is 38.3 Å². The van der Waals surface area contributed by atoms with Crippen molar-refractivity contribution in [1.82, 2.24) is 0 Å². The molecule has 0 fully saturated rings. The highest BCUT2D eigenvalue weighted by Gasteiger charge is 2.15. The van der Waals surface area contributed by atoms with E-state index in [1.54, 1.807) is 12.1 Å². The molecule has 1 N–H and O–H groups in total. The summed E-state index contributed by atoms with van der Waals surface area (Å²) in [6.45, 7) is 0. The average Bonchev–Trinajstić information content (AvgIpc) is 2.42. The summed E-state index contributed by atoms with van der Waals surface area (Å²) in [4.78, 5) is 12.1. The maximum Gasteiger partial charge on any atom is 0.258 e. The number of anilines is 1. The second-order valence-electron chi connectivity index (χ2n) is 3.90. The fraction of sp³-hybridized carbons (Fsp3) is 0.0714. The second-order valence-corrected chi connectivity index (χ2v) is 5.61. The fourth-order valence-electron chi connectivity index (χ4n) is 1.61. The minimum absolute atomic E-state index is 0.0477. The van der Waals surface area contributed by atoms with Crippen LogP contribution in [-0.4, -0.2) is 13.0 Å². The third-order valence-corrected chi connectivity index (χ3v) is 3.94. The van der Waals surface area contributed by atoms with E-state index < -0.39 is 11.7 Å². The minimum atomic E-state index is -0.634. The van der Waals surface area contributed by atoms with Crippen molar-refractivity contribution in [2.45, 2.75) is 0 Å². The Kier molecular flexibility index (Phi) is 4.77. The first kappa shape index (κ1) is 15.0. The maximum atomic E-state index is 13.8. The van der Waals surface area contributed by atoms with E-state index >= 15 is 0 Å². The number of carbonyl (C=O) groups excluding carboxylic acids is 1. The molecule has 3 nitrogen and oxygen atoms in total. The highest BCUT2D eigenvalue weighted by molar-refractivity contribution is 9.11. The van der Waals surface area contributed by atoms with E-state index in [0.717, 1.165) is 0 Å². The molecule has 0 aliphatic carbocycles. The Morgan fingerprint density at radius 1 is 1.20 bits per heavy atom. The zero-order valence-electron chi connectivity index (χ0n) is 10.4. The largest absolute Gasteiger partial charge is 0.497 e. The predicted octanol–water partition coefficient (Wildman–Crippen LogP) is 4.61. The normalized spacial score (nSPS) is 10.2. The Hall–Kier alpha value is -1.40. The van der Waals surface area contributed by atoms with Crippen LogP contribution >= 0.6 is 31.9 Å². The van der Waals surface area contributed by atoms with Crippen LogP contribution in [0.2, 0.25) is 0 Å². The van der Waals surface area contributed by atoms with Crippen LogP contribution in [0.15, 0.2) is 45.3 Å². The van der Waals surface area contributed by atoms with Gasteiger partial charge in [-0.1, -0.05) is 6.07 Å². The second kappa shape index (κ2) is 6.37. The van der Waals surface area contributed by atoms with E-state index in [2.05, 4.69) is 37.2 Å². The molecule has 0 radical (unpaired) electrons. The number of ether oxygens (including phenoxy) is 1. The lowest BCUT2D eigenvalue weighted by atomic mass is 10.2. The molecule has 0 atom stereocenters. The molecule has 0 saturated heterocycles. The lowest BCUT2D eigenvalue weighted by molar-refractivity contribution is 0.102. The van der Waals surface area contributed by atoms with E-state index in [1.807, 2.05) is 6.07 Å². The van der Waals surface area contributed by atoms with Crippen LogP contribution in [0.1, 0.15) is 10.4 Å². The number of hydrogen-bond acceptors (Lipinski definition) is 2. The Morgan fingerprint density at radius 2 is 1.85 bits per heavy atom. The summed E-state index contributed by atoms with van der Waals surface area (Å²) in [5, 5.41) is 2.66. The first-order chi connectivity index (χ1) is 9.52. The van der Waals surface area contributed by atoms with E-state index in [1.165, 1.54) is 25.3 Å². The van der Waals surface area contributed by atoms with Gasteiger partial charge in [0.1, 0.15) is 11.6 Å². The van der Waals surface area contributed by atoms with Gasteiger partial charge in [-0.05, 0) is 56.1 Å². The number of rotatable bonds is 3. The maximum absolute atomic E-state index is 13.8. The van der Waals surface area contributed by atoms with Gasteiger partial charge >= 0.3 is 0 Å². The van der Waals surface area contributed by atoms with Gasteiger partial charge in [0.2, 0.25) is 0 Å². The predicted molar refractivity (Wildman–Crippen MR) is 82.7 cm³/mol. The molecule has 0 aliphatic heterocycles. The molecule has 104 valence electrons. The Morgan fingerprint density at radius 3 is 2.40 bits per heavy atom. The summed E-state index contributed by atoms with van der Waals surface area (Å²) < 4.78 is 20.1.